The number of hydrogen-bond acceptors (Lipinski definition) is 5. The summed E-state index contributed by atoms with van der Waals surface area (Å²) in [6.07, 6.45) is 1.63. The Labute approximate surface area is 174 Å². The Bertz CT molecular complexity index is 1130. The molecule has 0 unspecified atom stereocenters. The van der Waals surface area contributed by atoms with Crippen LogP contribution in [0.2, 0.25) is 0 Å². The van der Waals surface area contributed by atoms with Gasteiger partial charge in [-0.1, -0.05) is 26.0 Å². The summed E-state index contributed by atoms with van der Waals surface area (Å²) in [5, 5.41) is 9.92. The van der Waals surface area contributed by atoms with E-state index in [1.807, 2.05) is 19.1 Å². The Morgan fingerprint density at radius 2 is 1.90 bits per heavy atom. The summed E-state index contributed by atoms with van der Waals surface area (Å²) < 4.78 is 10.9. The van der Waals surface area contributed by atoms with Crippen LogP contribution in [0.25, 0.3) is 11.0 Å². The molecule has 1 heterocycles. The first kappa shape index (κ1) is 20.9. The molecule has 0 radical (unpaired) electrons. The van der Waals surface area contributed by atoms with Crippen molar-refractivity contribution in [2.24, 2.45) is 0 Å². The predicted octanol–water partition coefficient (Wildman–Crippen LogP) is 3.51. The molecule has 154 valence electrons. The zero-order valence-electron chi connectivity index (χ0n) is 17.1. The molecule has 0 saturated carbocycles. The van der Waals surface area contributed by atoms with Gasteiger partial charge in [0.1, 0.15) is 17.4 Å². The summed E-state index contributed by atoms with van der Waals surface area (Å²) in [5.74, 6) is -0.250. The van der Waals surface area contributed by atoms with Gasteiger partial charge in [0.05, 0.1) is 18.2 Å². The summed E-state index contributed by atoms with van der Waals surface area (Å²) in [7, 11) is 0. The minimum absolute atomic E-state index is 0.0615. The smallest absolute Gasteiger partial charge is 0.276 e. The Morgan fingerprint density at radius 3 is 2.63 bits per heavy atom. The van der Waals surface area contributed by atoms with Gasteiger partial charge in [0.15, 0.2) is 6.61 Å². The first-order valence-corrected chi connectivity index (χ1v) is 9.59. The van der Waals surface area contributed by atoms with E-state index in [1.54, 1.807) is 30.5 Å². The fraction of sp³-hybridized carbons (Fsp3) is 0.261. The Balaban J connectivity index is 1.56. The average Bonchev–Trinajstić information content (AvgIpc) is 3.11. The quantitative estimate of drug-likeness (QED) is 0.611. The van der Waals surface area contributed by atoms with Crippen molar-refractivity contribution in [2.75, 3.05) is 6.61 Å². The number of ether oxygens (including phenoxy) is 1. The minimum atomic E-state index is -0.536. The second-order valence-corrected chi connectivity index (χ2v) is 7.29. The van der Waals surface area contributed by atoms with Crippen LogP contribution in [-0.4, -0.2) is 18.4 Å². The fourth-order valence-electron chi connectivity index (χ4n) is 3.22. The largest absolute Gasteiger partial charge is 0.482 e. The highest BCUT2D eigenvalue weighted by atomic mass is 16.5. The van der Waals surface area contributed by atoms with E-state index in [-0.39, 0.29) is 18.9 Å². The van der Waals surface area contributed by atoms with Gasteiger partial charge in [-0.3, -0.25) is 20.4 Å². The van der Waals surface area contributed by atoms with Crippen molar-refractivity contribution in [1.82, 2.24) is 10.9 Å². The van der Waals surface area contributed by atoms with Crippen molar-refractivity contribution in [3.05, 3.63) is 64.9 Å². The molecule has 0 bridgehead atoms. The number of hydrazine groups is 1. The minimum Gasteiger partial charge on any atom is -0.482 e. The number of carbonyl (C=O) groups is 2. The van der Waals surface area contributed by atoms with Crippen LogP contribution in [0.15, 0.2) is 47.1 Å². The Hall–Kier alpha value is -3.79. The van der Waals surface area contributed by atoms with Gasteiger partial charge in [0.25, 0.3) is 5.91 Å². The maximum atomic E-state index is 12.3. The highest BCUT2D eigenvalue weighted by Crippen LogP contribution is 2.29. The summed E-state index contributed by atoms with van der Waals surface area (Å²) >= 11 is 0. The van der Waals surface area contributed by atoms with E-state index in [4.69, 9.17) is 14.4 Å². The van der Waals surface area contributed by atoms with E-state index >= 15 is 0 Å². The van der Waals surface area contributed by atoms with Gasteiger partial charge in [-0.2, -0.15) is 5.26 Å². The summed E-state index contributed by atoms with van der Waals surface area (Å²) in [6, 6.07) is 12.6. The molecule has 2 aromatic carbocycles. The van der Waals surface area contributed by atoms with E-state index in [1.165, 1.54) is 5.56 Å². The van der Waals surface area contributed by atoms with Crippen LogP contribution in [0.3, 0.4) is 0 Å². The van der Waals surface area contributed by atoms with Gasteiger partial charge in [0, 0.05) is 10.9 Å². The SMILES string of the molecule is Cc1cc2occ(CC(=O)NNC(=O)COc3ccccc3C#N)c2cc1C(C)C. The molecule has 2 amide bonds. The number of furan rings is 1. The molecule has 3 rings (SSSR count). The van der Waals surface area contributed by atoms with Crippen molar-refractivity contribution < 1.29 is 18.7 Å². The van der Waals surface area contributed by atoms with Gasteiger partial charge >= 0.3 is 0 Å². The van der Waals surface area contributed by atoms with Crippen LogP contribution in [0.4, 0.5) is 0 Å². The molecule has 0 saturated heterocycles. The number of aryl methyl sites for hydroxylation is 1. The molecule has 0 fully saturated rings. The molecule has 30 heavy (non-hydrogen) atoms. The molecule has 3 aromatic rings. The molecule has 7 nitrogen and oxygen atoms in total. The summed E-state index contributed by atoms with van der Waals surface area (Å²) in [6.45, 7) is 5.95. The maximum Gasteiger partial charge on any atom is 0.276 e. The Morgan fingerprint density at radius 1 is 1.17 bits per heavy atom. The first-order chi connectivity index (χ1) is 14.4. The number of nitrogens with zero attached hydrogens (tertiary/aromatic N) is 1. The van der Waals surface area contributed by atoms with Crippen LogP contribution in [-0.2, 0) is 16.0 Å². The van der Waals surface area contributed by atoms with Gasteiger partial charge in [-0.05, 0) is 48.2 Å². The first-order valence-electron chi connectivity index (χ1n) is 9.59. The lowest BCUT2D eigenvalue weighted by molar-refractivity contribution is -0.129. The number of benzene rings is 2. The van der Waals surface area contributed by atoms with E-state index in [0.29, 0.717) is 17.2 Å². The topological polar surface area (TPSA) is 104 Å². The van der Waals surface area contributed by atoms with Crippen molar-refractivity contribution in [3.63, 3.8) is 0 Å². The Kier molecular flexibility index (Phi) is 6.38. The molecule has 0 spiro atoms. The number of hydrogen-bond donors (Lipinski definition) is 2. The second-order valence-electron chi connectivity index (χ2n) is 7.29. The normalized spacial score (nSPS) is 10.6. The maximum absolute atomic E-state index is 12.3. The molecule has 0 aliphatic rings. The number of para-hydroxylation sites is 1. The highest BCUT2D eigenvalue weighted by Gasteiger charge is 2.14. The van der Waals surface area contributed by atoms with Crippen LogP contribution in [0, 0.1) is 18.3 Å². The summed E-state index contributed by atoms with van der Waals surface area (Å²) in [4.78, 5) is 24.2. The molecule has 1 aromatic heterocycles. The van der Waals surface area contributed by atoms with Crippen molar-refractivity contribution in [2.45, 2.75) is 33.1 Å². The lowest BCUT2D eigenvalue weighted by Crippen LogP contribution is -2.44. The highest BCUT2D eigenvalue weighted by molar-refractivity contribution is 5.89. The third-order valence-corrected chi connectivity index (χ3v) is 4.72. The van der Waals surface area contributed by atoms with Crippen molar-refractivity contribution >= 4 is 22.8 Å². The van der Waals surface area contributed by atoms with Crippen LogP contribution < -0.4 is 15.6 Å². The van der Waals surface area contributed by atoms with Gasteiger partial charge in [-0.15, -0.1) is 0 Å². The molecule has 7 heteroatoms. The molecule has 0 aliphatic carbocycles. The van der Waals surface area contributed by atoms with Crippen LogP contribution in [0.1, 0.15) is 42.0 Å². The lowest BCUT2D eigenvalue weighted by atomic mass is 9.95. The number of rotatable bonds is 6. The zero-order chi connectivity index (χ0) is 21.7. The number of nitrogens with one attached hydrogen (secondary N) is 2. The third kappa shape index (κ3) is 4.78. The molecular formula is C23H23N3O4. The van der Waals surface area contributed by atoms with Crippen LogP contribution >= 0.6 is 0 Å². The third-order valence-electron chi connectivity index (χ3n) is 4.72. The van der Waals surface area contributed by atoms with E-state index in [0.717, 1.165) is 22.1 Å². The van der Waals surface area contributed by atoms with Gasteiger partial charge < -0.3 is 9.15 Å². The van der Waals surface area contributed by atoms with Gasteiger partial charge in [0.2, 0.25) is 5.91 Å². The predicted molar refractivity (Wildman–Crippen MR) is 112 cm³/mol. The molecule has 0 atom stereocenters. The zero-order valence-corrected chi connectivity index (χ0v) is 17.1. The number of amides is 2. The molecule has 0 aliphatic heterocycles. The standard InChI is InChI=1S/C23H23N3O4/c1-14(2)18-10-19-17(12-29-21(19)8-15(18)3)9-22(27)25-26-23(28)13-30-20-7-5-4-6-16(20)11-24/h4-8,10,12,14H,9,13H2,1-3H3,(H,25,27)(H,26,28). The number of carbonyl (C=O) groups excluding carboxylic acids is 2. The average molecular weight is 405 g/mol. The van der Waals surface area contributed by atoms with Crippen LogP contribution in [0.5, 0.6) is 5.75 Å². The molecular weight excluding hydrogens is 382 g/mol. The van der Waals surface area contributed by atoms with E-state index in [9.17, 15) is 9.59 Å². The van der Waals surface area contributed by atoms with E-state index in [2.05, 4.69) is 30.8 Å². The second kappa shape index (κ2) is 9.14. The monoisotopic (exact) mass is 405 g/mol. The lowest BCUT2D eigenvalue weighted by Gasteiger charge is -2.10. The number of fused-ring (bicyclic) bond motifs is 1. The fourth-order valence-corrected chi connectivity index (χ4v) is 3.22. The number of nitriles is 1. The molecule has 2 N–H and O–H groups in total. The summed E-state index contributed by atoms with van der Waals surface area (Å²) in [5.41, 5.74) is 8.84. The van der Waals surface area contributed by atoms with E-state index < -0.39 is 5.91 Å². The van der Waals surface area contributed by atoms with Crippen molar-refractivity contribution in [3.8, 4) is 11.8 Å². The van der Waals surface area contributed by atoms with Crippen molar-refractivity contribution in [1.29, 1.82) is 5.26 Å². The van der Waals surface area contributed by atoms with Gasteiger partial charge in [-0.25, -0.2) is 0 Å².